The van der Waals surface area contributed by atoms with Crippen LogP contribution in [0, 0.1) is 6.92 Å². The van der Waals surface area contributed by atoms with Crippen LogP contribution in [0.4, 0.5) is 4.79 Å². The highest BCUT2D eigenvalue weighted by molar-refractivity contribution is 5.83. The van der Waals surface area contributed by atoms with E-state index in [-0.39, 0.29) is 6.03 Å². The number of aromatic amines is 1. The molecule has 0 bridgehead atoms. The summed E-state index contributed by atoms with van der Waals surface area (Å²) in [5.74, 6) is 0. The van der Waals surface area contributed by atoms with Gasteiger partial charge in [0.1, 0.15) is 0 Å². The lowest BCUT2D eigenvalue weighted by molar-refractivity contribution is 0.140. The molecule has 146 valence electrons. The lowest BCUT2D eigenvalue weighted by atomic mass is 10.1. The molecule has 1 fully saturated rings. The van der Waals surface area contributed by atoms with Gasteiger partial charge in [-0.1, -0.05) is 42.5 Å². The number of para-hydroxylation sites is 1. The first-order valence-corrected chi connectivity index (χ1v) is 10.1. The van der Waals surface area contributed by atoms with Crippen molar-refractivity contribution < 1.29 is 4.79 Å². The van der Waals surface area contributed by atoms with Gasteiger partial charge >= 0.3 is 6.03 Å². The van der Waals surface area contributed by atoms with Crippen LogP contribution < -0.4 is 5.32 Å². The molecule has 1 saturated heterocycles. The van der Waals surface area contributed by atoms with Crippen molar-refractivity contribution >= 4 is 16.9 Å². The molecular weight excluding hydrogens is 348 g/mol. The first kappa shape index (κ1) is 18.6. The van der Waals surface area contributed by atoms with Gasteiger partial charge in [-0.3, -0.25) is 4.90 Å². The number of carbonyl (C=O) groups is 1. The van der Waals surface area contributed by atoms with Crippen LogP contribution in [0.3, 0.4) is 0 Å². The number of hydrogen-bond acceptors (Lipinski definition) is 2. The number of aryl methyl sites for hydroxylation is 1. The van der Waals surface area contributed by atoms with Crippen LogP contribution in [-0.4, -0.2) is 53.5 Å². The van der Waals surface area contributed by atoms with E-state index >= 15 is 0 Å². The first-order valence-electron chi connectivity index (χ1n) is 10.1. The predicted octanol–water partition coefficient (Wildman–Crippen LogP) is 3.55. The van der Waals surface area contributed by atoms with E-state index in [1.165, 1.54) is 27.6 Å². The van der Waals surface area contributed by atoms with Crippen LogP contribution in [0.15, 0.2) is 54.7 Å². The third-order valence-electron chi connectivity index (χ3n) is 5.72. The molecule has 0 unspecified atom stereocenters. The Bertz CT molecular complexity index is 940. The molecule has 2 aromatic carbocycles. The van der Waals surface area contributed by atoms with Gasteiger partial charge in [0.2, 0.25) is 0 Å². The van der Waals surface area contributed by atoms with Crippen LogP contribution in [0.25, 0.3) is 10.9 Å². The number of benzene rings is 2. The fourth-order valence-electron chi connectivity index (χ4n) is 3.88. The van der Waals surface area contributed by atoms with Crippen molar-refractivity contribution in [3.63, 3.8) is 0 Å². The number of nitrogens with one attached hydrogen (secondary N) is 2. The van der Waals surface area contributed by atoms with Crippen molar-refractivity contribution in [2.75, 3.05) is 32.7 Å². The van der Waals surface area contributed by atoms with Crippen LogP contribution in [0.1, 0.15) is 16.7 Å². The first-order chi connectivity index (χ1) is 13.7. The van der Waals surface area contributed by atoms with Gasteiger partial charge in [-0.25, -0.2) is 4.79 Å². The molecule has 2 heterocycles. The summed E-state index contributed by atoms with van der Waals surface area (Å²) in [6.07, 6.45) is 3.16. The van der Waals surface area contributed by atoms with Crippen molar-refractivity contribution in [1.29, 1.82) is 0 Å². The summed E-state index contributed by atoms with van der Waals surface area (Å²) < 4.78 is 0. The number of fused-ring (bicyclic) bond motifs is 1. The Hall–Kier alpha value is -2.79. The van der Waals surface area contributed by atoms with E-state index < -0.39 is 0 Å². The molecule has 28 heavy (non-hydrogen) atoms. The molecule has 1 aliphatic heterocycles. The second-order valence-electron chi connectivity index (χ2n) is 7.52. The van der Waals surface area contributed by atoms with E-state index in [9.17, 15) is 4.79 Å². The molecule has 4 rings (SSSR count). The Morgan fingerprint density at radius 2 is 1.75 bits per heavy atom. The largest absolute Gasteiger partial charge is 0.361 e. The molecule has 2 N–H and O–H groups in total. The molecule has 0 aliphatic carbocycles. The minimum absolute atomic E-state index is 0.0412. The topological polar surface area (TPSA) is 51.4 Å². The van der Waals surface area contributed by atoms with E-state index in [2.05, 4.69) is 64.7 Å². The number of hydrogen-bond donors (Lipinski definition) is 2. The maximum atomic E-state index is 12.5. The van der Waals surface area contributed by atoms with Gasteiger partial charge in [0.15, 0.2) is 0 Å². The monoisotopic (exact) mass is 376 g/mol. The zero-order valence-corrected chi connectivity index (χ0v) is 16.4. The van der Waals surface area contributed by atoms with Gasteiger partial charge in [-0.05, 0) is 36.1 Å². The van der Waals surface area contributed by atoms with Crippen molar-refractivity contribution in [1.82, 2.24) is 20.1 Å². The van der Waals surface area contributed by atoms with E-state index in [0.717, 1.165) is 39.1 Å². The third-order valence-corrected chi connectivity index (χ3v) is 5.72. The number of nitrogens with zero attached hydrogens (tertiary/aromatic N) is 2. The van der Waals surface area contributed by atoms with Gasteiger partial charge in [-0.15, -0.1) is 0 Å². The van der Waals surface area contributed by atoms with Crippen molar-refractivity contribution in [2.45, 2.75) is 19.9 Å². The SMILES string of the molecule is Cc1ccccc1CNC(=O)N1CCN(CCc2c[nH]c3ccccc23)CC1. The van der Waals surface area contributed by atoms with Gasteiger partial charge in [-0.2, -0.15) is 0 Å². The fourth-order valence-corrected chi connectivity index (χ4v) is 3.88. The quantitative estimate of drug-likeness (QED) is 0.716. The highest BCUT2D eigenvalue weighted by Crippen LogP contribution is 2.18. The van der Waals surface area contributed by atoms with Crippen LogP contribution in [0.5, 0.6) is 0 Å². The normalized spacial score (nSPS) is 15.1. The summed E-state index contributed by atoms with van der Waals surface area (Å²) in [6, 6.07) is 16.7. The highest BCUT2D eigenvalue weighted by atomic mass is 16.2. The molecule has 2 amide bonds. The molecule has 1 aromatic heterocycles. The molecular formula is C23H28N4O. The summed E-state index contributed by atoms with van der Waals surface area (Å²) in [6.45, 7) is 7.13. The fraction of sp³-hybridized carbons (Fsp3) is 0.348. The average Bonchev–Trinajstić information content (AvgIpc) is 3.15. The number of piperazine rings is 1. The number of amides is 2. The Balaban J connectivity index is 1.23. The minimum Gasteiger partial charge on any atom is -0.361 e. The van der Waals surface area contributed by atoms with Crippen LogP contribution in [0.2, 0.25) is 0 Å². The third kappa shape index (κ3) is 4.20. The zero-order valence-electron chi connectivity index (χ0n) is 16.4. The van der Waals surface area contributed by atoms with E-state index in [1.807, 2.05) is 17.0 Å². The molecule has 0 atom stereocenters. The smallest absolute Gasteiger partial charge is 0.317 e. The Morgan fingerprint density at radius 3 is 2.57 bits per heavy atom. The summed E-state index contributed by atoms with van der Waals surface area (Å²) in [5.41, 5.74) is 4.96. The summed E-state index contributed by atoms with van der Waals surface area (Å²) in [7, 11) is 0. The summed E-state index contributed by atoms with van der Waals surface area (Å²) >= 11 is 0. The summed E-state index contributed by atoms with van der Waals surface area (Å²) in [4.78, 5) is 20.2. The standard InChI is InChI=1S/C23H28N4O/c1-18-6-2-3-7-19(18)16-25-23(28)27-14-12-26(13-15-27)11-10-20-17-24-22-9-5-4-8-21(20)22/h2-9,17,24H,10-16H2,1H3,(H,25,28). The Kier molecular flexibility index (Phi) is 5.63. The number of rotatable bonds is 5. The molecule has 1 aliphatic rings. The van der Waals surface area contributed by atoms with Crippen molar-refractivity contribution in [3.05, 3.63) is 71.4 Å². The van der Waals surface area contributed by atoms with Gasteiger partial charge in [0.05, 0.1) is 0 Å². The number of carbonyl (C=O) groups excluding carboxylic acids is 1. The number of aromatic nitrogens is 1. The second-order valence-corrected chi connectivity index (χ2v) is 7.52. The highest BCUT2D eigenvalue weighted by Gasteiger charge is 2.21. The van der Waals surface area contributed by atoms with E-state index in [4.69, 9.17) is 0 Å². The number of H-pyrrole nitrogens is 1. The van der Waals surface area contributed by atoms with Crippen LogP contribution >= 0.6 is 0 Å². The lowest BCUT2D eigenvalue weighted by Gasteiger charge is -2.34. The minimum atomic E-state index is 0.0412. The van der Waals surface area contributed by atoms with Crippen molar-refractivity contribution in [3.8, 4) is 0 Å². The second kappa shape index (κ2) is 8.48. The van der Waals surface area contributed by atoms with Gasteiger partial charge in [0.25, 0.3) is 0 Å². The maximum Gasteiger partial charge on any atom is 0.317 e. The molecule has 3 aromatic rings. The zero-order chi connectivity index (χ0) is 19.3. The molecule has 5 nitrogen and oxygen atoms in total. The molecule has 5 heteroatoms. The predicted molar refractivity (Wildman–Crippen MR) is 113 cm³/mol. The maximum absolute atomic E-state index is 12.5. The molecule has 0 spiro atoms. The van der Waals surface area contributed by atoms with E-state index in [0.29, 0.717) is 6.54 Å². The lowest BCUT2D eigenvalue weighted by Crippen LogP contribution is -2.51. The molecule has 0 radical (unpaired) electrons. The Labute approximate surface area is 166 Å². The number of urea groups is 1. The van der Waals surface area contributed by atoms with Gasteiger partial charge < -0.3 is 15.2 Å². The Morgan fingerprint density at radius 1 is 1.00 bits per heavy atom. The van der Waals surface area contributed by atoms with Crippen LogP contribution in [-0.2, 0) is 13.0 Å². The summed E-state index contributed by atoms with van der Waals surface area (Å²) in [5, 5.41) is 4.38. The molecule has 0 saturated carbocycles. The van der Waals surface area contributed by atoms with Crippen molar-refractivity contribution in [2.24, 2.45) is 0 Å². The average molecular weight is 377 g/mol. The van der Waals surface area contributed by atoms with Gasteiger partial charge in [0, 0.05) is 56.4 Å². The van der Waals surface area contributed by atoms with E-state index in [1.54, 1.807) is 0 Å².